The summed E-state index contributed by atoms with van der Waals surface area (Å²) >= 11 is 1.91. The Balaban J connectivity index is 1.69. The van der Waals surface area contributed by atoms with Gasteiger partial charge in [0.2, 0.25) is 0 Å². The van der Waals surface area contributed by atoms with Gasteiger partial charge in [-0.25, -0.2) is 4.79 Å². The maximum atomic E-state index is 11.8. The highest BCUT2D eigenvalue weighted by Gasteiger charge is 2.32. The number of nitrogens with one attached hydrogen (secondary N) is 2. The average molecular weight is 286 g/mol. The second-order valence-corrected chi connectivity index (χ2v) is 7.46. The van der Waals surface area contributed by atoms with Crippen molar-refractivity contribution in [3.63, 3.8) is 0 Å². The fourth-order valence-corrected chi connectivity index (χ4v) is 4.06. The molecule has 0 aromatic carbocycles. The molecule has 0 aromatic heterocycles. The van der Waals surface area contributed by atoms with Crippen molar-refractivity contribution in [3.8, 4) is 0 Å². The van der Waals surface area contributed by atoms with Gasteiger partial charge in [-0.1, -0.05) is 0 Å². The average Bonchev–Trinajstić information content (AvgIpc) is 2.97. The van der Waals surface area contributed by atoms with Crippen LogP contribution >= 0.6 is 11.8 Å². The van der Waals surface area contributed by atoms with Gasteiger partial charge in [0, 0.05) is 17.3 Å². The lowest BCUT2D eigenvalue weighted by atomic mass is 10.1. The summed E-state index contributed by atoms with van der Waals surface area (Å²) in [6.45, 7) is 2.86. The maximum absolute atomic E-state index is 11.8. The molecule has 0 aromatic rings. The lowest BCUT2D eigenvalue weighted by molar-refractivity contribution is -0.141. The number of carboxylic acid groups (broad SMARTS) is 1. The number of urea groups is 1. The van der Waals surface area contributed by atoms with E-state index in [0.29, 0.717) is 19.4 Å². The predicted octanol–water partition coefficient (Wildman–Crippen LogP) is 1.82. The van der Waals surface area contributed by atoms with Crippen molar-refractivity contribution in [1.82, 2.24) is 10.6 Å². The highest BCUT2D eigenvalue weighted by atomic mass is 32.2. The standard InChI is InChI=1S/C13H22N2O3S/c1-13(5-2-6-19-13)8-14-12(18)15-10-4-3-9(7-10)11(16)17/h9-10H,2-8H2,1H3,(H,16,17)(H2,14,15,18). The van der Waals surface area contributed by atoms with Crippen LogP contribution in [0.2, 0.25) is 0 Å². The van der Waals surface area contributed by atoms with Gasteiger partial charge in [-0.2, -0.15) is 11.8 Å². The molecular weight excluding hydrogens is 264 g/mol. The van der Waals surface area contributed by atoms with Gasteiger partial charge in [-0.05, 0) is 44.8 Å². The van der Waals surface area contributed by atoms with E-state index < -0.39 is 5.97 Å². The van der Waals surface area contributed by atoms with E-state index in [9.17, 15) is 9.59 Å². The molecule has 19 heavy (non-hydrogen) atoms. The Morgan fingerprint density at radius 2 is 2.21 bits per heavy atom. The molecule has 2 aliphatic rings. The lowest BCUT2D eigenvalue weighted by Gasteiger charge is -2.23. The molecule has 5 nitrogen and oxygen atoms in total. The van der Waals surface area contributed by atoms with Gasteiger partial charge < -0.3 is 15.7 Å². The number of carbonyl (C=O) groups is 2. The van der Waals surface area contributed by atoms with E-state index in [1.165, 1.54) is 12.2 Å². The maximum Gasteiger partial charge on any atom is 0.315 e. The van der Waals surface area contributed by atoms with Crippen LogP contribution < -0.4 is 10.6 Å². The fourth-order valence-electron chi connectivity index (χ4n) is 2.82. The molecule has 1 saturated carbocycles. The normalized spacial score (nSPS) is 34.2. The van der Waals surface area contributed by atoms with Crippen LogP contribution in [-0.2, 0) is 4.79 Å². The van der Waals surface area contributed by atoms with Gasteiger partial charge in [-0.3, -0.25) is 4.79 Å². The number of hydrogen-bond acceptors (Lipinski definition) is 3. The van der Waals surface area contributed by atoms with E-state index in [-0.39, 0.29) is 22.7 Å². The van der Waals surface area contributed by atoms with E-state index in [0.717, 1.165) is 12.8 Å². The number of carboxylic acids is 1. The number of hydrogen-bond donors (Lipinski definition) is 3. The van der Waals surface area contributed by atoms with Crippen LogP contribution in [0.3, 0.4) is 0 Å². The van der Waals surface area contributed by atoms with Crippen molar-refractivity contribution in [3.05, 3.63) is 0 Å². The smallest absolute Gasteiger partial charge is 0.315 e. The molecule has 1 heterocycles. The minimum Gasteiger partial charge on any atom is -0.481 e. The number of thioether (sulfide) groups is 1. The predicted molar refractivity (Wildman–Crippen MR) is 75.4 cm³/mol. The Labute approximate surface area is 117 Å². The number of aliphatic carboxylic acids is 1. The zero-order valence-electron chi connectivity index (χ0n) is 11.3. The Kier molecular flexibility index (Phi) is 4.60. The summed E-state index contributed by atoms with van der Waals surface area (Å²) in [4.78, 5) is 22.6. The molecule has 2 fully saturated rings. The van der Waals surface area contributed by atoms with Crippen LogP contribution in [0.4, 0.5) is 4.79 Å². The third-order valence-electron chi connectivity index (χ3n) is 4.04. The second kappa shape index (κ2) is 6.03. The fraction of sp³-hybridized carbons (Fsp3) is 0.846. The van der Waals surface area contributed by atoms with Crippen LogP contribution in [0.5, 0.6) is 0 Å². The third-order valence-corrected chi connectivity index (χ3v) is 5.58. The molecule has 0 radical (unpaired) electrons. The molecule has 0 bridgehead atoms. The Hall–Kier alpha value is -0.910. The molecule has 1 aliphatic carbocycles. The Morgan fingerprint density at radius 3 is 2.79 bits per heavy atom. The Bertz CT molecular complexity index is 356. The number of amides is 2. The van der Waals surface area contributed by atoms with Crippen LogP contribution in [0.25, 0.3) is 0 Å². The van der Waals surface area contributed by atoms with Crippen molar-refractivity contribution in [2.75, 3.05) is 12.3 Å². The molecule has 3 unspecified atom stereocenters. The van der Waals surface area contributed by atoms with Crippen molar-refractivity contribution < 1.29 is 14.7 Å². The minimum absolute atomic E-state index is 0.00476. The number of rotatable bonds is 4. The molecule has 3 N–H and O–H groups in total. The first kappa shape index (κ1) is 14.5. The quantitative estimate of drug-likeness (QED) is 0.736. The molecule has 108 valence electrons. The first-order valence-electron chi connectivity index (χ1n) is 6.90. The van der Waals surface area contributed by atoms with E-state index in [2.05, 4.69) is 17.6 Å². The summed E-state index contributed by atoms with van der Waals surface area (Å²) in [5.41, 5.74) is 0. The van der Waals surface area contributed by atoms with E-state index >= 15 is 0 Å². The molecule has 2 amide bonds. The van der Waals surface area contributed by atoms with Gasteiger partial charge in [0.15, 0.2) is 0 Å². The molecule has 1 saturated heterocycles. The highest BCUT2D eigenvalue weighted by Crippen LogP contribution is 2.36. The summed E-state index contributed by atoms with van der Waals surface area (Å²) in [6.07, 6.45) is 4.33. The zero-order chi connectivity index (χ0) is 13.9. The van der Waals surface area contributed by atoms with Crippen molar-refractivity contribution in [1.29, 1.82) is 0 Å². The van der Waals surface area contributed by atoms with Crippen LogP contribution in [0.15, 0.2) is 0 Å². The second-order valence-electron chi connectivity index (χ2n) is 5.77. The van der Waals surface area contributed by atoms with Crippen molar-refractivity contribution in [2.45, 2.75) is 49.8 Å². The van der Waals surface area contributed by atoms with E-state index in [4.69, 9.17) is 5.11 Å². The SMILES string of the molecule is CC1(CNC(=O)NC2CCC(C(=O)O)C2)CCCS1. The molecule has 3 atom stereocenters. The molecule has 2 rings (SSSR count). The Morgan fingerprint density at radius 1 is 1.42 bits per heavy atom. The summed E-state index contributed by atoms with van der Waals surface area (Å²) in [7, 11) is 0. The van der Waals surface area contributed by atoms with Gasteiger partial charge in [0.1, 0.15) is 0 Å². The summed E-state index contributed by atoms with van der Waals surface area (Å²) in [5.74, 6) is 0.121. The molecular formula is C13H22N2O3S. The van der Waals surface area contributed by atoms with Crippen molar-refractivity contribution in [2.24, 2.45) is 5.92 Å². The molecule has 0 spiro atoms. The van der Waals surface area contributed by atoms with Gasteiger partial charge in [0.05, 0.1) is 5.92 Å². The number of carbonyl (C=O) groups excluding carboxylic acids is 1. The minimum atomic E-state index is -0.750. The zero-order valence-corrected chi connectivity index (χ0v) is 12.1. The van der Waals surface area contributed by atoms with E-state index in [1.54, 1.807) is 0 Å². The largest absolute Gasteiger partial charge is 0.481 e. The lowest BCUT2D eigenvalue weighted by Crippen LogP contribution is -2.45. The topological polar surface area (TPSA) is 78.4 Å². The van der Waals surface area contributed by atoms with Crippen LogP contribution in [-0.4, -0.2) is 40.2 Å². The van der Waals surface area contributed by atoms with E-state index in [1.807, 2.05) is 11.8 Å². The van der Waals surface area contributed by atoms with Gasteiger partial charge in [-0.15, -0.1) is 0 Å². The monoisotopic (exact) mass is 286 g/mol. The molecule has 6 heteroatoms. The highest BCUT2D eigenvalue weighted by molar-refractivity contribution is 8.00. The first-order valence-corrected chi connectivity index (χ1v) is 7.88. The summed E-state index contributed by atoms with van der Waals surface area (Å²) in [5, 5.41) is 14.7. The summed E-state index contributed by atoms with van der Waals surface area (Å²) in [6, 6.07) is -0.157. The van der Waals surface area contributed by atoms with Gasteiger partial charge >= 0.3 is 12.0 Å². The van der Waals surface area contributed by atoms with Gasteiger partial charge in [0.25, 0.3) is 0 Å². The van der Waals surface area contributed by atoms with Crippen LogP contribution in [0, 0.1) is 5.92 Å². The third kappa shape index (κ3) is 4.03. The first-order chi connectivity index (χ1) is 8.98. The van der Waals surface area contributed by atoms with Crippen molar-refractivity contribution >= 4 is 23.8 Å². The van der Waals surface area contributed by atoms with Crippen LogP contribution in [0.1, 0.15) is 39.0 Å². The summed E-state index contributed by atoms with van der Waals surface area (Å²) < 4.78 is 0.163. The molecule has 1 aliphatic heterocycles.